The number of rotatable bonds is 5. The van der Waals surface area contributed by atoms with Gasteiger partial charge in [0.15, 0.2) is 0 Å². The van der Waals surface area contributed by atoms with E-state index in [1.165, 1.54) is 15.9 Å². The number of carbonyl (C=O) groups excluding carboxylic acids is 1. The number of ether oxygens (including phenoxy) is 1. The number of thiophene rings is 1. The number of pyridine rings is 2. The van der Waals surface area contributed by atoms with Crippen LogP contribution in [0.5, 0.6) is 0 Å². The molecule has 268 valence electrons. The molecule has 4 heterocycles. The fraction of sp³-hybridized carbons (Fsp3) is 0.178. The molecule has 1 aliphatic rings. The van der Waals surface area contributed by atoms with E-state index in [0.717, 1.165) is 50.0 Å². The molecule has 2 N–H and O–H groups in total. The van der Waals surface area contributed by atoms with Gasteiger partial charge in [-0.25, -0.2) is 9.78 Å². The molecule has 0 atom stereocenters. The maximum atomic E-state index is 12.6. The van der Waals surface area contributed by atoms with E-state index in [-0.39, 0.29) is 6.09 Å². The Morgan fingerprint density at radius 1 is 0.774 bits per heavy atom. The van der Waals surface area contributed by atoms with E-state index in [1.807, 2.05) is 71.3 Å². The van der Waals surface area contributed by atoms with Gasteiger partial charge in [0.25, 0.3) is 0 Å². The summed E-state index contributed by atoms with van der Waals surface area (Å²) in [7, 11) is -0.446. The minimum atomic E-state index is -0.522. The quantitative estimate of drug-likeness (QED) is 0.178. The zero-order valence-electron chi connectivity index (χ0n) is 30.9. The first kappa shape index (κ1) is 37.4. The molecule has 4 aromatic carbocycles. The van der Waals surface area contributed by atoms with Crippen LogP contribution in [0.3, 0.4) is 0 Å². The van der Waals surface area contributed by atoms with E-state index < -0.39 is 13.5 Å². The first-order valence-electron chi connectivity index (χ1n) is 17.9. The summed E-state index contributed by atoms with van der Waals surface area (Å²) >= 11 is 1.66. The largest absolute Gasteiger partial charge is 0.443 e. The summed E-state index contributed by atoms with van der Waals surface area (Å²) in [6.45, 7) is 10.3. The molecule has 1 amide bonds. The van der Waals surface area contributed by atoms with Gasteiger partial charge >= 0.3 is 6.09 Å². The van der Waals surface area contributed by atoms with Crippen molar-refractivity contribution in [3.63, 3.8) is 0 Å². The minimum Gasteiger partial charge on any atom is -0.443 e. The summed E-state index contributed by atoms with van der Waals surface area (Å²) in [5.74, 6) is 0.514. The van der Waals surface area contributed by atoms with Gasteiger partial charge in [0.1, 0.15) is 11.4 Å². The lowest BCUT2D eigenvalue weighted by Crippen LogP contribution is -2.35. The number of hydrogen-bond acceptors (Lipinski definition) is 6. The second-order valence-electron chi connectivity index (χ2n) is 13.2. The number of anilines is 2. The number of amides is 1. The molecule has 7 aromatic rings. The molecule has 3 aromatic heterocycles. The number of fused-ring (bicyclic) bond motifs is 2. The van der Waals surface area contributed by atoms with Crippen molar-refractivity contribution in [2.45, 2.75) is 46.6 Å². The molecule has 0 saturated heterocycles. The van der Waals surface area contributed by atoms with Crippen LogP contribution in [0, 0.1) is 0 Å². The maximum absolute atomic E-state index is 12.6. The molecule has 6 nitrogen and oxygen atoms in total. The van der Waals surface area contributed by atoms with Crippen LogP contribution in [0.2, 0.25) is 0 Å². The molecule has 0 fully saturated rings. The summed E-state index contributed by atoms with van der Waals surface area (Å²) in [5.41, 5.74) is 12.0. The normalized spacial score (nSPS) is 12.0. The van der Waals surface area contributed by atoms with Crippen molar-refractivity contribution in [2.75, 3.05) is 17.2 Å². The van der Waals surface area contributed by atoms with Crippen molar-refractivity contribution in [1.82, 2.24) is 9.97 Å². The Labute approximate surface area is 318 Å². The second-order valence-corrected chi connectivity index (χ2v) is 16.3. The molecule has 0 spiro atoms. The third-order valence-corrected chi connectivity index (χ3v) is 12.0. The first-order chi connectivity index (χ1) is 25.8. The summed E-state index contributed by atoms with van der Waals surface area (Å²) in [4.78, 5) is 23.0. The van der Waals surface area contributed by atoms with E-state index in [9.17, 15) is 4.79 Å². The van der Waals surface area contributed by atoms with Crippen LogP contribution in [-0.2, 0) is 11.2 Å². The average molecular weight is 737 g/mol. The predicted molar refractivity (Wildman–Crippen MR) is 226 cm³/mol. The highest BCUT2D eigenvalue weighted by molar-refractivity contribution is 7.79. The van der Waals surface area contributed by atoms with Crippen LogP contribution in [-0.4, -0.2) is 28.2 Å². The first-order valence-corrected chi connectivity index (χ1v) is 20.1. The van der Waals surface area contributed by atoms with Crippen molar-refractivity contribution in [3.8, 4) is 22.3 Å². The van der Waals surface area contributed by atoms with Gasteiger partial charge < -0.3 is 10.5 Å². The maximum Gasteiger partial charge on any atom is 0.414 e. The molecular weight excluding hydrogens is 692 g/mol. The van der Waals surface area contributed by atoms with Gasteiger partial charge in [-0.15, -0.1) is 11.3 Å². The lowest BCUT2D eigenvalue weighted by molar-refractivity contribution is 0.0584. The van der Waals surface area contributed by atoms with E-state index in [1.54, 1.807) is 22.4 Å². The Morgan fingerprint density at radius 3 is 1.92 bits per heavy atom. The van der Waals surface area contributed by atoms with Gasteiger partial charge in [0.05, 0.1) is 5.69 Å². The number of nitrogens with zero attached hydrogens (tertiary/aromatic N) is 3. The van der Waals surface area contributed by atoms with Gasteiger partial charge in [-0.3, -0.25) is 9.88 Å². The Hall–Kier alpha value is -5.36. The number of nitrogen functional groups attached to an aromatic ring is 1. The molecule has 0 saturated carbocycles. The van der Waals surface area contributed by atoms with Gasteiger partial charge in [-0.2, -0.15) is 0 Å². The van der Waals surface area contributed by atoms with Crippen LogP contribution < -0.4 is 26.5 Å². The van der Waals surface area contributed by atoms with E-state index in [2.05, 4.69) is 112 Å². The van der Waals surface area contributed by atoms with E-state index in [0.29, 0.717) is 12.4 Å². The van der Waals surface area contributed by atoms with Crippen LogP contribution in [0.25, 0.3) is 32.3 Å². The Balaban J connectivity index is 0.000000195. The SMILES string of the molecule is CC.CC(C)(C)OC(=O)N1CCc2cc(-c3csc4c(-c5cccnc5)cnc(N)c34)ccc21.c1ccc(P(c2ccccc2)c2ccccc2)cc1. The standard InChI is InChI=1S/C25H24N4O2S.C18H15P.C2H6/c1-25(2,3)31-24(30)29-10-8-16-11-15(6-7-20(16)29)19-14-32-22-18(13-28-23(26)21(19)22)17-5-4-9-27-12-17;1-4-10-16(11-5-1)19(17-12-6-2-7-13-17)18-14-8-3-9-15-18;1-2/h4-7,9,11-14H,8,10H2,1-3H3,(H2,26,28);1-15H;1-2H3. The highest BCUT2D eigenvalue weighted by Crippen LogP contribution is 2.43. The van der Waals surface area contributed by atoms with Gasteiger partial charge in [0, 0.05) is 51.9 Å². The lowest BCUT2D eigenvalue weighted by atomic mass is 9.99. The van der Waals surface area contributed by atoms with Gasteiger partial charge in [-0.1, -0.05) is 117 Å². The summed E-state index contributed by atoms with van der Waals surface area (Å²) in [6, 6.07) is 42.5. The van der Waals surface area contributed by atoms with Crippen molar-refractivity contribution in [2.24, 2.45) is 0 Å². The van der Waals surface area contributed by atoms with Crippen molar-refractivity contribution in [3.05, 3.63) is 151 Å². The van der Waals surface area contributed by atoms with Crippen molar-refractivity contribution < 1.29 is 9.53 Å². The molecule has 0 bridgehead atoms. The number of nitrogens with two attached hydrogens (primary N) is 1. The van der Waals surface area contributed by atoms with E-state index >= 15 is 0 Å². The monoisotopic (exact) mass is 736 g/mol. The van der Waals surface area contributed by atoms with Gasteiger partial charge in [0.2, 0.25) is 0 Å². The molecular formula is C45H45N4O2PS. The summed E-state index contributed by atoms with van der Waals surface area (Å²) in [6.07, 6.45) is 5.90. The Morgan fingerprint density at radius 2 is 1.38 bits per heavy atom. The topological polar surface area (TPSA) is 81.3 Å². The number of carbonyl (C=O) groups is 1. The molecule has 1 aliphatic heterocycles. The second kappa shape index (κ2) is 17.0. The third-order valence-electron chi connectivity index (χ3n) is 8.54. The predicted octanol–water partition coefficient (Wildman–Crippen LogP) is 10.4. The smallest absolute Gasteiger partial charge is 0.414 e. The molecule has 0 aliphatic carbocycles. The minimum absolute atomic E-state index is 0.306. The van der Waals surface area contributed by atoms with Crippen molar-refractivity contribution in [1.29, 1.82) is 0 Å². The fourth-order valence-corrected chi connectivity index (χ4v) is 9.69. The Kier molecular flexibility index (Phi) is 12.0. The molecule has 0 radical (unpaired) electrons. The fourth-order valence-electron chi connectivity index (χ4n) is 6.26. The Bertz CT molecular complexity index is 2160. The molecule has 53 heavy (non-hydrogen) atoms. The molecule has 8 rings (SSSR count). The number of aromatic nitrogens is 2. The van der Waals surface area contributed by atoms with E-state index in [4.69, 9.17) is 10.5 Å². The van der Waals surface area contributed by atoms with Crippen LogP contribution in [0.4, 0.5) is 16.3 Å². The van der Waals surface area contributed by atoms with Gasteiger partial charge in [-0.05, 0) is 85.7 Å². The molecule has 0 unspecified atom stereocenters. The van der Waals surface area contributed by atoms with Crippen LogP contribution >= 0.6 is 19.3 Å². The average Bonchev–Trinajstić information content (AvgIpc) is 3.83. The summed E-state index contributed by atoms with van der Waals surface area (Å²) in [5, 5.41) is 7.28. The van der Waals surface area contributed by atoms with Crippen molar-refractivity contribution >= 4 is 62.9 Å². The zero-order valence-corrected chi connectivity index (χ0v) is 32.6. The highest BCUT2D eigenvalue weighted by Gasteiger charge is 2.29. The third kappa shape index (κ3) is 8.65. The lowest BCUT2D eigenvalue weighted by Gasteiger charge is -2.24. The van der Waals surface area contributed by atoms with Crippen LogP contribution in [0.1, 0.15) is 40.2 Å². The molecule has 8 heteroatoms. The van der Waals surface area contributed by atoms with Crippen LogP contribution in [0.15, 0.2) is 145 Å². The number of benzene rings is 4. The summed E-state index contributed by atoms with van der Waals surface area (Å²) < 4.78 is 6.66. The number of hydrogen-bond donors (Lipinski definition) is 1. The zero-order chi connectivity index (χ0) is 37.4. The highest BCUT2D eigenvalue weighted by atomic mass is 32.1.